The van der Waals surface area contributed by atoms with E-state index in [9.17, 15) is 14.4 Å². The quantitative estimate of drug-likeness (QED) is 0.449. The number of benzene rings is 3. The fraction of sp³-hybridized carbons (Fsp3) is 0.222. The number of ether oxygens (including phenoxy) is 1. The number of hydrogen-bond acceptors (Lipinski definition) is 7. The van der Waals surface area contributed by atoms with E-state index in [1.165, 1.54) is 23.7 Å². The molecule has 3 aromatic rings. The highest BCUT2D eigenvalue weighted by Crippen LogP contribution is 2.49. The lowest BCUT2D eigenvalue weighted by Crippen LogP contribution is -2.47. The van der Waals surface area contributed by atoms with E-state index in [-0.39, 0.29) is 34.8 Å². The van der Waals surface area contributed by atoms with Crippen LogP contribution in [0.1, 0.15) is 35.1 Å². The number of para-hydroxylation sites is 2. The standard InChI is InChI=1S/C27H25N3O4S2/c1-16(31)18-12-13-24-21(14-18)29(20-9-5-7-11-23(20)36-24)25(32)15-28-30-26(33)17(2)35-27(30)19-8-4-6-10-22(19)34-3/h4-14,17,27-28H,15H2,1-3H3. The molecule has 5 rings (SSSR count). The number of hydrogen-bond donors (Lipinski definition) is 1. The summed E-state index contributed by atoms with van der Waals surface area (Å²) in [4.78, 5) is 42.3. The predicted octanol–water partition coefficient (Wildman–Crippen LogP) is 5.19. The number of anilines is 2. The Balaban J connectivity index is 1.45. The first-order valence-corrected chi connectivity index (χ1v) is 13.2. The average molecular weight is 520 g/mol. The number of carbonyl (C=O) groups excluding carboxylic acids is 3. The van der Waals surface area contributed by atoms with Crippen molar-refractivity contribution in [1.82, 2.24) is 10.4 Å². The molecule has 2 amide bonds. The van der Waals surface area contributed by atoms with Gasteiger partial charge in [0, 0.05) is 20.9 Å². The molecule has 1 fully saturated rings. The molecule has 1 N–H and O–H groups in total. The van der Waals surface area contributed by atoms with Crippen molar-refractivity contribution in [2.45, 2.75) is 34.3 Å². The van der Waals surface area contributed by atoms with Gasteiger partial charge in [0.05, 0.1) is 30.3 Å². The van der Waals surface area contributed by atoms with E-state index in [1.54, 1.807) is 35.9 Å². The first-order chi connectivity index (χ1) is 17.4. The molecule has 0 aromatic heterocycles. The Bertz CT molecular complexity index is 1360. The average Bonchev–Trinajstić information content (AvgIpc) is 3.18. The van der Waals surface area contributed by atoms with Crippen LogP contribution in [0.15, 0.2) is 76.5 Å². The zero-order valence-electron chi connectivity index (χ0n) is 20.1. The number of fused-ring (bicyclic) bond motifs is 2. The summed E-state index contributed by atoms with van der Waals surface area (Å²) in [5, 5.41) is 0.925. The molecule has 0 radical (unpaired) electrons. The molecule has 0 bridgehead atoms. The van der Waals surface area contributed by atoms with Crippen LogP contribution >= 0.6 is 23.5 Å². The fourth-order valence-corrected chi connectivity index (χ4v) is 6.64. The second-order valence-electron chi connectivity index (χ2n) is 8.45. The van der Waals surface area contributed by atoms with Crippen molar-refractivity contribution < 1.29 is 19.1 Å². The van der Waals surface area contributed by atoms with Crippen LogP contribution in [-0.4, -0.2) is 41.5 Å². The number of thioether (sulfide) groups is 1. The number of ketones is 1. The molecule has 1 saturated heterocycles. The number of nitrogens with zero attached hydrogens (tertiary/aromatic N) is 2. The molecule has 0 aliphatic carbocycles. The lowest BCUT2D eigenvalue weighted by atomic mass is 10.1. The summed E-state index contributed by atoms with van der Waals surface area (Å²) in [5.41, 5.74) is 5.91. The minimum Gasteiger partial charge on any atom is -0.496 e. The number of amides is 2. The van der Waals surface area contributed by atoms with E-state index < -0.39 is 0 Å². The highest BCUT2D eigenvalue weighted by atomic mass is 32.2. The zero-order chi connectivity index (χ0) is 25.4. The second kappa shape index (κ2) is 10.0. The maximum atomic E-state index is 13.7. The minimum atomic E-state index is -0.336. The molecule has 3 aromatic carbocycles. The number of rotatable bonds is 6. The molecule has 7 nitrogen and oxygen atoms in total. The van der Waals surface area contributed by atoms with Gasteiger partial charge < -0.3 is 4.74 Å². The Labute approximate surface area is 218 Å². The largest absolute Gasteiger partial charge is 0.496 e. The molecule has 184 valence electrons. The summed E-state index contributed by atoms with van der Waals surface area (Å²) in [6, 6.07) is 20.7. The number of nitrogens with one attached hydrogen (secondary N) is 1. The summed E-state index contributed by atoms with van der Waals surface area (Å²) in [6.07, 6.45) is 0. The van der Waals surface area contributed by atoms with Crippen LogP contribution in [0.5, 0.6) is 5.75 Å². The molecule has 2 unspecified atom stereocenters. The maximum absolute atomic E-state index is 13.7. The molecule has 36 heavy (non-hydrogen) atoms. The van der Waals surface area contributed by atoms with Crippen molar-refractivity contribution in [2.24, 2.45) is 0 Å². The van der Waals surface area contributed by atoms with Crippen molar-refractivity contribution in [2.75, 3.05) is 18.6 Å². The smallest absolute Gasteiger partial charge is 0.250 e. The maximum Gasteiger partial charge on any atom is 0.250 e. The van der Waals surface area contributed by atoms with Crippen LogP contribution in [0.3, 0.4) is 0 Å². The van der Waals surface area contributed by atoms with E-state index in [0.29, 0.717) is 17.0 Å². The van der Waals surface area contributed by atoms with Gasteiger partial charge in [-0.25, -0.2) is 5.43 Å². The summed E-state index contributed by atoms with van der Waals surface area (Å²) in [7, 11) is 1.60. The third-order valence-electron chi connectivity index (χ3n) is 6.14. The van der Waals surface area contributed by atoms with Crippen molar-refractivity contribution in [1.29, 1.82) is 0 Å². The van der Waals surface area contributed by atoms with Crippen LogP contribution in [0.4, 0.5) is 11.4 Å². The number of hydrazine groups is 1. The lowest BCUT2D eigenvalue weighted by molar-refractivity contribution is -0.133. The van der Waals surface area contributed by atoms with Crippen LogP contribution in [0.2, 0.25) is 0 Å². The first-order valence-electron chi connectivity index (χ1n) is 11.5. The Morgan fingerprint density at radius 1 is 1.00 bits per heavy atom. The Hall–Kier alpha value is -3.27. The molecule has 9 heteroatoms. The van der Waals surface area contributed by atoms with E-state index in [1.807, 2.05) is 61.5 Å². The third-order valence-corrected chi connectivity index (χ3v) is 8.60. The van der Waals surface area contributed by atoms with E-state index in [2.05, 4.69) is 5.43 Å². The van der Waals surface area contributed by atoms with Gasteiger partial charge in [0.15, 0.2) is 5.78 Å². The number of carbonyl (C=O) groups is 3. The summed E-state index contributed by atoms with van der Waals surface area (Å²) in [6.45, 7) is 3.26. The SMILES string of the molecule is COc1ccccc1C1SC(C)C(=O)N1NCC(=O)N1c2ccccc2Sc2ccc(C(C)=O)cc21. The van der Waals surface area contributed by atoms with E-state index >= 15 is 0 Å². The molecule has 0 saturated carbocycles. The van der Waals surface area contributed by atoms with Crippen molar-refractivity contribution >= 4 is 52.5 Å². The molecular weight excluding hydrogens is 494 g/mol. The molecule has 0 spiro atoms. The molecule has 2 atom stereocenters. The van der Waals surface area contributed by atoms with Gasteiger partial charge in [-0.05, 0) is 44.2 Å². The van der Waals surface area contributed by atoms with Crippen molar-refractivity contribution in [3.8, 4) is 5.75 Å². The van der Waals surface area contributed by atoms with E-state index in [4.69, 9.17) is 4.74 Å². The number of Topliss-reactive ketones (excluding diaryl/α,β-unsaturated/α-hetero) is 1. The normalized spacial score (nSPS) is 18.6. The van der Waals surface area contributed by atoms with Crippen LogP contribution in [0.25, 0.3) is 0 Å². The summed E-state index contributed by atoms with van der Waals surface area (Å²) in [5.74, 6) is 0.279. The Morgan fingerprint density at radius 2 is 1.72 bits per heavy atom. The summed E-state index contributed by atoms with van der Waals surface area (Å²) < 4.78 is 5.52. The molecular formula is C27H25N3O4S2. The van der Waals surface area contributed by atoms with Crippen molar-refractivity contribution in [3.63, 3.8) is 0 Å². The van der Waals surface area contributed by atoms with Gasteiger partial charge >= 0.3 is 0 Å². The predicted molar refractivity (Wildman–Crippen MR) is 142 cm³/mol. The highest BCUT2D eigenvalue weighted by Gasteiger charge is 2.40. The van der Waals surface area contributed by atoms with Crippen molar-refractivity contribution in [3.05, 3.63) is 77.9 Å². The molecule has 2 heterocycles. The topological polar surface area (TPSA) is 79.0 Å². The molecule has 2 aliphatic rings. The van der Waals surface area contributed by atoms with Gasteiger partial charge in [0.2, 0.25) is 5.91 Å². The van der Waals surface area contributed by atoms with Crippen LogP contribution < -0.4 is 15.1 Å². The monoisotopic (exact) mass is 519 g/mol. The second-order valence-corrected chi connectivity index (χ2v) is 11.0. The first kappa shape index (κ1) is 24.4. The van der Waals surface area contributed by atoms with Gasteiger partial charge in [-0.3, -0.25) is 24.3 Å². The van der Waals surface area contributed by atoms with Gasteiger partial charge in [0.1, 0.15) is 11.1 Å². The van der Waals surface area contributed by atoms with Crippen LogP contribution in [-0.2, 0) is 9.59 Å². The molecule has 2 aliphatic heterocycles. The number of methoxy groups -OCH3 is 1. The van der Waals surface area contributed by atoms with Gasteiger partial charge in [-0.1, -0.05) is 48.2 Å². The zero-order valence-corrected chi connectivity index (χ0v) is 21.7. The fourth-order valence-electron chi connectivity index (χ4n) is 4.34. The third kappa shape index (κ3) is 4.38. The Kier molecular flexibility index (Phi) is 6.79. The minimum absolute atomic E-state index is 0.0690. The van der Waals surface area contributed by atoms with Gasteiger partial charge in [-0.2, -0.15) is 0 Å². The lowest BCUT2D eigenvalue weighted by Gasteiger charge is -2.32. The van der Waals surface area contributed by atoms with Crippen LogP contribution in [0, 0.1) is 0 Å². The summed E-state index contributed by atoms with van der Waals surface area (Å²) >= 11 is 3.06. The van der Waals surface area contributed by atoms with Gasteiger partial charge in [-0.15, -0.1) is 11.8 Å². The Morgan fingerprint density at radius 3 is 2.50 bits per heavy atom. The van der Waals surface area contributed by atoms with Gasteiger partial charge in [0.25, 0.3) is 5.91 Å². The van der Waals surface area contributed by atoms with E-state index in [0.717, 1.165) is 21.0 Å². The highest BCUT2D eigenvalue weighted by molar-refractivity contribution is 8.01.